The molecule has 5 heteroatoms. The van der Waals surface area contributed by atoms with Crippen molar-refractivity contribution in [2.24, 2.45) is 0 Å². The lowest BCUT2D eigenvalue weighted by Crippen LogP contribution is -2.32. The third-order valence-corrected chi connectivity index (χ3v) is 3.64. The van der Waals surface area contributed by atoms with E-state index in [2.05, 4.69) is 10.6 Å². The van der Waals surface area contributed by atoms with Crippen molar-refractivity contribution in [3.05, 3.63) is 65.7 Å². The van der Waals surface area contributed by atoms with Crippen molar-refractivity contribution in [1.82, 2.24) is 5.32 Å². The van der Waals surface area contributed by atoms with E-state index in [1.165, 1.54) is 6.92 Å². The van der Waals surface area contributed by atoms with Crippen LogP contribution in [-0.4, -0.2) is 16.9 Å². The van der Waals surface area contributed by atoms with Gasteiger partial charge >= 0.3 is 0 Å². The summed E-state index contributed by atoms with van der Waals surface area (Å²) in [5.74, 6) is -0.385. The summed E-state index contributed by atoms with van der Waals surface area (Å²) in [7, 11) is 0. The molecule has 0 aromatic heterocycles. The Balaban J connectivity index is 1.92. The van der Waals surface area contributed by atoms with Gasteiger partial charge in [0.05, 0.1) is 12.0 Å². The fourth-order valence-electron chi connectivity index (χ4n) is 2.44. The Labute approximate surface area is 141 Å². The van der Waals surface area contributed by atoms with E-state index in [4.69, 9.17) is 0 Å². The van der Waals surface area contributed by atoms with E-state index in [0.29, 0.717) is 17.8 Å². The van der Waals surface area contributed by atoms with Crippen LogP contribution in [0.4, 0.5) is 5.69 Å². The maximum Gasteiger partial charge on any atom is 0.223 e. The van der Waals surface area contributed by atoms with Gasteiger partial charge in [-0.25, -0.2) is 0 Å². The Morgan fingerprint density at radius 1 is 1.08 bits per heavy atom. The number of aliphatic hydroxyl groups is 1. The van der Waals surface area contributed by atoms with Crippen molar-refractivity contribution < 1.29 is 14.7 Å². The molecule has 2 amide bonds. The maximum atomic E-state index is 12.1. The average Bonchev–Trinajstić information content (AvgIpc) is 2.53. The maximum absolute atomic E-state index is 12.1. The number of carbonyl (C=O) groups excluding carboxylic acids is 2. The Morgan fingerprint density at radius 3 is 2.46 bits per heavy atom. The molecular weight excluding hydrogens is 304 g/mol. The van der Waals surface area contributed by atoms with Crippen molar-refractivity contribution in [3.8, 4) is 0 Å². The normalized spacial score (nSPS) is 13.0. The molecule has 1 atom stereocenters. The molecule has 2 aromatic rings. The molecule has 2 rings (SSSR count). The first kappa shape index (κ1) is 17.7. The predicted molar refractivity (Wildman–Crippen MR) is 93.2 cm³/mol. The molecular formula is C19H22N2O3. The highest BCUT2D eigenvalue weighted by Crippen LogP contribution is 2.24. The van der Waals surface area contributed by atoms with E-state index >= 15 is 0 Å². The van der Waals surface area contributed by atoms with E-state index < -0.39 is 5.60 Å². The summed E-state index contributed by atoms with van der Waals surface area (Å²) >= 11 is 0. The summed E-state index contributed by atoms with van der Waals surface area (Å²) in [5, 5.41) is 16.0. The highest BCUT2D eigenvalue weighted by Gasteiger charge is 2.26. The second-order valence-corrected chi connectivity index (χ2v) is 5.97. The van der Waals surface area contributed by atoms with Gasteiger partial charge in [0.15, 0.2) is 0 Å². The van der Waals surface area contributed by atoms with Gasteiger partial charge in [0.25, 0.3) is 0 Å². The highest BCUT2D eigenvalue weighted by molar-refractivity contribution is 5.88. The molecule has 0 spiro atoms. The molecule has 0 fully saturated rings. The van der Waals surface area contributed by atoms with Crippen LogP contribution in [0.1, 0.15) is 31.4 Å². The zero-order valence-corrected chi connectivity index (χ0v) is 13.9. The van der Waals surface area contributed by atoms with Gasteiger partial charge in [-0.05, 0) is 30.2 Å². The fraction of sp³-hybridized carbons (Fsp3) is 0.263. The van der Waals surface area contributed by atoms with Crippen LogP contribution in [0.5, 0.6) is 0 Å². The number of hydrogen-bond acceptors (Lipinski definition) is 3. The molecule has 24 heavy (non-hydrogen) atoms. The summed E-state index contributed by atoms with van der Waals surface area (Å²) in [6.45, 7) is 3.40. The molecule has 0 radical (unpaired) electrons. The van der Waals surface area contributed by atoms with Crippen LogP contribution in [-0.2, 0) is 21.7 Å². The number of amides is 2. The first-order chi connectivity index (χ1) is 11.4. The molecule has 126 valence electrons. The van der Waals surface area contributed by atoms with Gasteiger partial charge in [-0.3, -0.25) is 9.59 Å². The lowest BCUT2D eigenvalue weighted by molar-refractivity contribution is -0.126. The first-order valence-corrected chi connectivity index (χ1v) is 7.78. The third-order valence-electron chi connectivity index (χ3n) is 3.64. The lowest BCUT2D eigenvalue weighted by Gasteiger charge is -2.23. The molecule has 0 bridgehead atoms. The standard InChI is InChI=1S/C19H22N2O3/c1-14(22)21-17-10-6-7-15(11-17)13-20-18(23)12-19(2,24)16-8-4-3-5-9-16/h3-11,24H,12-13H2,1-2H3,(H,20,23)(H,21,22). The number of hydrogen-bond donors (Lipinski definition) is 3. The number of nitrogens with one attached hydrogen (secondary N) is 2. The van der Waals surface area contributed by atoms with Gasteiger partial charge in [0, 0.05) is 19.2 Å². The van der Waals surface area contributed by atoms with E-state index in [-0.39, 0.29) is 18.2 Å². The van der Waals surface area contributed by atoms with Crippen LogP contribution < -0.4 is 10.6 Å². The molecule has 0 heterocycles. The van der Waals surface area contributed by atoms with E-state index in [9.17, 15) is 14.7 Å². The fourth-order valence-corrected chi connectivity index (χ4v) is 2.44. The van der Waals surface area contributed by atoms with E-state index in [1.54, 1.807) is 31.2 Å². The average molecular weight is 326 g/mol. The molecule has 0 aliphatic heterocycles. The second-order valence-electron chi connectivity index (χ2n) is 5.97. The van der Waals surface area contributed by atoms with Gasteiger partial charge in [-0.1, -0.05) is 42.5 Å². The second kappa shape index (κ2) is 7.75. The molecule has 0 aliphatic carbocycles. The minimum absolute atomic E-state index is 0.0254. The van der Waals surface area contributed by atoms with Gasteiger partial charge in [-0.15, -0.1) is 0 Å². The van der Waals surface area contributed by atoms with Crippen LogP contribution in [0, 0.1) is 0 Å². The summed E-state index contributed by atoms with van der Waals surface area (Å²) < 4.78 is 0. The molecule has 0 aliphatic rings. The first-order valence-electron chi connectivity index (χ1n) is 7.78. The molecule has 5 nitrogen and oxygen atoms in total. The largest absolute Gasteiger partial charge is 0.385 e. The monoisotopic (exact) mass is 326 g/mol. The van der Waals surface area contributed by atoms with Gasteiger partial charge < -0.3 is 15.7 Å². The highest BCUT2D eigenvalue weighted by atomic mass is 16.3. The smallest absolute Gasteiger partial charge is 0.223 e. The van der Waals surface area contributed by atoms with Crippen molar-refractivity contribution >= 4 is 17.5 Å². The Bertz CT molecular complexity index is 712. The topological polar surface area (TPSA) is 78.4 Å². The van der Waals surface area contributed by atoms with Gasteiger partial charge in [0.1, 0.15) is 0 Å². The summed E-state index contributed by atoms with van der Waals surface area (Å²) in [6, 6.07) is 16.4. The Morgan fingerprint density at radius 2 is 1.79 bits per heavy atom. The molecule has 0 saturated heterocycles. The molecule has 1 unspecified atom stereocenters. The van der Waals surface area contributed by atoms with Crippen molar-refractivity contribution in [2.45, 2.75) is 32.4 Å². The van der Waals surface area contributed by atoms with Crippen LogP contribution in [0.15, 0.2) is 54.6 Å². The number of rotatable bonds is 6. The van der Waals surface area contributed by atoms with Crippen LogP contribution in [0.3, 0.4) is 0 Å². The Kier molecular flexibility index (Phi) is 5.71. The SMILES string of the molecule is CC(=O)Nc1cccc(CNC(=O)CC(C)(O)c2ccccc2)c1. The van der Waals surface area contributed by atoms with Crippen molar-refractivity contribution in [3.63, 3.8) is 0 Å². The summed E-state index contributed by atoms with van der Waals surface area (Å²) in [4.78, 5) is 23.2. The quantitative estimate of drug-likeness (QED) is 0.763. The van der Waals surface area contributed by atoms with Crippen molar-refractivity contribution in [2.75, 3.05) is 5.32 Å². The number of carbonyl (C=O) groups is 2. The molecule has 0 saturated carbocycles. The Hall–Kier alpha value is -2.66. The van der Waals surface area contributed by atoms with E-state index in [0.717, 1.165) is 5.56 Å². The van der Waals surface area contributed by atoms with E-state index in [1.807, 2.05) is 30.3 Å². The third kappa shape index (κ3) is 5.21. The summed E-state index contributed by atoms with van der Waals surface area (Å²) in [5.41, 5.74) is 1.04. The van der Waals surface area contributed by atoms with Crippen molar-refractivity contribution in [1.29, 1.82) is 0 Å². The lowest BCUT2D eigenvalue weighted by atomic mass is 9.92. The van der Waals surface area contributed by atoms with Crippen LogP contribution in [0.2, 0.25) is 0 Å². The number of benzene rings is 2. The van der Waals surface area contributed by atoms with Crippen LogP contribution in [0.25, 0.3) is 0 Å². The van der Waals surface area contributed by atoms with Gasteiger partial charge in [-0.2, -0.15) is 0 Å². The minimum Gasteiger partial charge on any atom is -0.385 e. The van der Waals surface area contributed by atoms with Gasteiger partial charge in [0.2, 0.25) is 11.8 Å². The number of anilines is 1. The molecule has 2 aromatic carbocycles. The zero-order chi connectivity index (χ0) is 17.6. The minimum atomic E-state index is -1.22. The zero-order valence-electron chi connectivity index (χ0n) is 13.9. The predicted octanol–water partition coefficient (Wildman–Crippen LogP) is 2.56. The summed E-state index contributed by atoms with van der Waals surface area (Å²) in [6.07, 6.45) is -0.0254. The molecule has 3 N–H and O–H groups in total. The van der Waals surface area contributed by atoms with Crippen LogP contribution >= 0.6 is 0 Å².